The number of methoxy groups -OCH3 is 1. The predicted octanol–water partition coefficient (Wildman–Crippen LogP) is 1.07. The van der Waals surface area contributed by atoms with Crippen molar-refractivity contribution in [3.63, 3.8) is 0 Å². The number of aromatic amines is 1. The van der Waals surface area contributed by atoms with Crippen LogP contribution in [0.4, 0.5) is 0 Å². The number of hydrogen-bond donors (Lipinski definition) is 1. The Labute approximate surface area is 154 Å². The van der Waals surface area contributed by atoms with Gasteiger partial charge in [0, 0.05) is 30.8 Å². The lowest BCUT2D eigenvalue weighted by Crippen LogP contribution is -2.29. The fourth-order valence-electron chi connectivity index (χ4n) is 2.45. The minimum atomic E-state index is -0.489. The van der Waals surface area contributed by atoms with Gasteiger partial charge in [-0.25, -0.2) is 14.5 Å². The third-order valence-corrected chi connectivity index (χ3v) is 4.03. The van der Waals surface area contributed by atoms with Gasteiger partial charge in [-0.2, -0.15) is 5.10 Å². The summed E-state index contributed by atoms with van der Waals surface area (Å²) >= 11 is 5.93. The molecule has 0 bridgehead atoms. The minimum Gasteiger partial charge on any atom is -0.384 e. The van der Waals surface area contributed by atoms with Crippen molar-refractivity contribution in [2.75, 3.05) is 13.7 Å². The fourth-order valence-corrected chi connectivity index (χ4v) is 2.58. The van der Waals surface area contributed by atoms with Crippen LogP contribution in [-0.4, -0.2) is 38.0 Å². The second-order valence-electron chi connectivity index (χ2n) is 5.71. The Morgan fingerprint density at radius 3 is 2.62 bits per heavy atom. The maximum absolute atomic E-state index is 11.9. The molecule has 0 fully saturated rings. The van der Waals surface area contributed by atoms with Crippen LogP contribution in [0.2, 0.25) is 5.02 Å². The number of halogens is 1. The van der Waals surface area contributed by atoms with Gasteiger partial charge in [0.15, 0.2) is 5.82 Å². The topological polar surface area (TPSA) is 94.8 Å². The van der Waals surface area contributed by atoms with Gasteiger partial charge in [0.05, 0.1) is 19.7 Å². The standard InChI is InChI=1S/C17H18ClN5O3/c1-26-9-7-14-19-15(11-22-8-6-16(24)20-17(22)25)23(21-14)10-12-2-4-13(18)5-3-12/h2-6,8H,7,9-11H2,1H3,(H,20,24,25). The van der Waals surface area contributed by atoms with E-state index in [1.54, 1.807) is 11.8 Å². The molecule has 3 rings (SSSR count). The van der Waals surface area contributed by atoms with E-state index >= 15 is 0 Å². The van der Waals surface area contributed by atoms with Crippen LogP contribution >= 0.6 is 11.6 Å². The Balaban J connectivity index is 1.90. The molecule has 0 aliphatic heterocycles. The second-order valence-corrected chi connectivity index (χ2v) is 6.15. The quantitative estimate of drug-likeness (QED) is 0.666. The summed E-state index contributed by atoms with van der Waals surface area (Å²) in [4.78, 5) is 29.9. The van der Waals surface area contributed by atoms with E-state index in [9.17, 15) is 9.59 Å². The summed E-state index contributed by atoms with van der Waals surface area (Å²) in [5.41, 5.74) is 0.0827. The molecule has 2 heterocycles. The third kappa shape index (κ3) is 4.47. The third-order valence-electron chi connectivity index (χ3n) is 3.78. The van der Waals surface area contributed by atoms with Gasteiger partial charge in [-0.1, -0.05) is 23.7 Å². The van der Waals surface area contributed by atoms with Gasteiger partial charge in [0.2, 0.25) is 0 Å². The lowest BCUT2D eigenvalue weighted by atomic mass is 10.2. The van der Waals surface area contributed by atoms with Crippen LogP contribution in [0.3, 0.4) is 0 Å². The molecule has 2 aromatic heterocycles. The van der Waals surface area contributed by atoms with Crippen LogP contribution in [0, 0.1) is 0 Å². The summed E-state index contributed by atoms with van der Waals surface area (Å²) in [6.45, 7) is 1.19. The number of benzene rings is 1. The van der Waals surface area contributed by atoms with Gasteiger partial charge in [-0.05, 0) is 17.7 Å². The van der Waals surface area contributed by atoms with Crippen LogP contribution in [-0.2, 0) is 24.2 Å². The Bertz CT molecular complexity index is 991. The summed E-state index contributed by atoms with van der Waals surface area (Å²) < 4.78 is 8.20. The zero-order valence-corrected chi connectivity index (χ0v) is 14.9. The minimum absolute atomic E-state index is 0.198. The second kappa shape index (κ2) is 8.11. The average molecular weight is 376 g/mol. The molecular formula is C17H18ClN5O3. The van der Waals surface area contributed by atoms with Crippen molar-refractivity contribution < 1.29 is 4.74 Å². The summed E-state index contributed by atoms with van der Waals surface area (Å²) in [5.74, 6) is 1.24. The molecule has 8 nitrogen and oxygen atoms in total. The van der Waals surface area contributed by atoms with E-state index in [1.165, 1.54) is 16.8 Å². The molecule has 1 N–H and O–H groups in total. The fraction of sp³-hybridized carbons (Fsp3) is 0.294. The first-order chi connectivity index (χ1) is 12.5. The van der Waals surface area contributed by atoms with Gasteiger partial charge in [0.1, 0.15) is 5.82 Å². The molecule has 0 unspecified atom stereocenters. The molecule has 26 heavy (non-hydrogen) atoms. The number of rotatable bonds is 7. The summed E-state index contributed by atoms with van der Waals surface area (Å²) in [7, 11) is 1.62. The zero-order valence-electron chi connectivity index (χ0n) is 14.2. The maximum Gasteiger partial charge on any atom is 0.328 e. The largest absolute Gasteiger partial charge is 0.384 e. The van der Waals surface area contributed by atoms with Crippen molar-refractivity contribution in [1.82, 2.24) is 24.3 Å². The maximum atomic E-state index is 11.9. The molecule has 1 aromatic carbocycles. The van der Waals surface area contributed by atoms with Gasteiger partial charge >= 0.3 is 5.69 Å². The van der Waals surface area contributed by atoms with E-state index in [4.69, 9.17) is 16.3 Å². The summed E-state index contributed by atoms with van der Waals surface area (Å²) in [5, 5.41) is 5.17. The van der Waals surface area contributed by atoms with Crippen LogP contribution < -0.4 is 11.2 Å². The molecule has 0 atom stereocenters. The predicted molar refractivity (Wildman–Crippen MR) is 96.6 cm³/mol. The van der Waals surface area contributed by atoms with Gasteiger partial charge in [-0.3, -0.25) is 14.3 Å². The zero-order chi connectivity index (χ0) is 18.5. The number of H-pyrrole nitrogens is 1. The van der Waals surface area contributed by atoms with E-state index < -0.39 is 11.2 Å². The summed E-state index contributed by atoms with van der Waals surface area (Å²) in [6.07, 6.45) is 2.01. The van der Waals surface area contributed by atoms with Crippen LogP contribution in [0.25, 0.3) is 0 Å². The highest BCUT2D eigenvalue weighted by Crippen LogP contribution is 2.12. The Kier molecular flexibility index (Phi) is 5.65. The molecule has 0 aliphatic carbocycles. The highest BCUT2D eigenvalue weighted by atomic mass is 35.5. The van der Waals surface area contributed by atoms with Crippen LogP contribution in [0.15, 0.2) is 46.1 Å². The van der Waals surface area contributed by atoms with Crippen molar-refractivity contribution in [2.24, 2.45) is 0 Å². The van der Waals surface area contributed by atoms with Crippen LogP contribution in [0.1, 0.15) is 17.2 Å². The molecular weight excluding hydrogens is 358 g/mol. The molecule has 0 saturated carbocycles. The van der Waals surface area contributed by atoms with Crippen molar-refractivity contribution in [3.05, 3.63) is 79.6 Å². The molecule has 0 saturated heterocycles. The van der Waals surface area contributed by atoms with E-state index in [1.807, 2.05) is 24.3 Å². The first kappa shape index (κ1) is 18.1. The Morgan fingerprint density at radius 2 is 1.92 bits per heavy atom. The lowest BCUT2D eigenvalue weighted by Gasteiger charge is -2.07. The molecule has 0 aliphatic rings. The number of nitrogens with one attached hydrogen (secondary N) is 1. The molecule has 9 heteroatoms. The first-order valence-electron chi connectivity index (χ1n) is 8.01. The molecule has 136 valence electrons. The normalized spacial score (nSPS) is 11.0. The van der Waals surface area contributed by atoms with Crippen molar-refractivity contribution >= 4 is 11.6 Å². The number of aromatic nitrogens is 5. The number of ether oxygens (including phenoxy) is 1. The molecule has 0 amide bonds. The number of hydrogen-bond acceptors (Lipinski definition) is 5. The highest BCUT2D eigenvalue weighted by Gasteiger charge is 2.12. The van der Waals surface area contributed by atoms with E-state index in [0.717, 1.165) is 5.56 Å². The van der Waals surface area contributed by atoms with Crippen molar-refractivity contribution in [2.45, 2.75) is 19.5 Å². The summed E-state index contributed by atoms with van der Waals surface area (Å²) in [6, 6.07) is 8.74. The molecule has 0 radical (unpaired) electrons. The average Bonchev–Trinajstić information content (AvgIpc) is 2.99. The van der Waals surface area contributed by atoms with Crippen LogP contribution in [0.5, 0.6) is 0 Å². The van der Waals surface area contributed by atoms with Gasteiger partial charge < -0.3 is 4.74 Å². The van der Waals surface area contributed by atoms with Crippen molar-refractivity contribution in [1.29, 1.82) is 0 Å². The van der Waals surface area contributed by atoms with E-state index in [0.29, 0.717) is 36.2 Å². The Morgan fingerprint density at radius 1 is 1.15 bits per heavy atom. The van der Waals surface area contributed by atoms with Crippen molar-refractivity contribution in [3.8, 4) is 0 Å². The van der Waals surface area contributed by atoms with Gasteiger partial charge in [0.25, 0.3) is 5.56 Å². The highest BCUT2D eigenvalue weighted by molar-refractivity contribution is 6.30. The molecule has 3 aromatic rings. The van der Waals surface area contributed by atoms with E-state index in [-0.39, 0.29) is 6.54 Å². The smallest absolute Gasteiger partial charge is 0.328 e. The number of nitrogens with zero attached hydrogens (tertiary/aromatic N) is 4. The first-order valence-corrected chi connectivity index (χ1v) is 8.38. The molecule has 0 spiro atoms. The van der Waals surface area contributed by atoms with Gasteiger partial charge in [-0.15, -0.1) is 0 Å². The monoisotopic (exact) mass is 375 g/mol. The Hall–Kier alpha value is -2.71. The SMILES string of the molecule is COCCc1nc(Cn2ccc(=O)[nH]c2=O)n(Cc2ccc(Cl)cc2)n1. The van der Waals surface area contributed by atoms with E-state index in [2.05, 4.69) is 15.1 Å². The lowest BCUT2D eigenvalue weighted by molar-refractivity contribution is 0.200.